The van der Waals surface area contributed by atoms with E-state index in [0.717, 1.165) is 25.7 Å². The Morgan fingerprint density at radius 2 is 1.48 bits per heavy atom. The van der Waals surface area contributed by atoms with Gasteiger partial charge in [-0.15, -0.1) is 0 Å². The van der Waals surface area contributed by atoms with Crippen LogP contribution in [0.1, 0.15) is 58.8 Å². The lowest BCUT2D eigenvalue weighted by molar-refractivity contribution is -0.148. The number of alkyl halides is 2. The normalized spacial score (nSPS) is 13.3. The lowest BCUT2D eigenvalue weighted by Gasteiger charge is -2.13. The average Bonchev–Trinajstić information content (AvgIpc) is 2.42. The summed E-state index contributed by atoms with van der Waals surface area (Å²) in [5, 5.41) is 0. The maximum atomic E-state index is 11.7. The fourth-order valence-corrected chi connectivity index (χ4v) is 1.97. The van der Waals surface area contributed by atoms with Gasteiger partial charge in [-0.05, 0) is 25.7 Å². The van der Waals surface area contributed by atoms with Crippen LogP contribution in [-0.4, -0.2) is 23.1 Å². The summed E-state index contributed by atoms with van der Waals surface area (Å²) in [4.78, 5) is 23.2. The number of hydrogen-bond acceptors (Lipinski definition) is 4. The molecule has 0 rings (SSSR count). The van der Waals surface area contributed by atoms with Crippen molar-refractivity contribution in [2.75, 3.05) is 0 Å². The Balaban J connectivity index is 4.05. The lowest BCUT2D eigenvalue weighted by Crippen LogP contribution is -2.19. The van der Waals surface area contributed by atoms with Crippen LogP contribution in [0, 0.1) is 0 Å². The van der Waals surface area contributed by atoms with E-state index < -0.39 is 23.1 Å². The van der Waals surface area contributed by atoms with Crippen molar-refractivity contribution in [2.45, 2.75) is 69.9 Å². The first-order valence-corrected chi connectivity index (χ1v) is 8.14. The Bertz CT molecular complexity index is 345. The molecule has 4 nitrogen and oxygen atoms in total. The molecular weight excluding hydrogens is 315 g/mol. The van der Waals surface area contributed by atoms with Gasteiger partial charge in [0.05, 0.1) is 6.42 Å². The van der Waals surface area contributed by atoms with Crippen molar-refractivity contribution in [1.82, 2.24) is 0 Å². The third-order valence-corrected chi connectivity index (χ3v) is 3.32. The molecule has 0 aliphatic rings. The number of carbonyl (C=O) groups is 2. The van der Waals surface area contributed by atoms with Gasteiger partial charge in [0.1, 0.15) is 0 Å². The van der Waals surface area contributed by atoms with Crippen LogP contribution in [0.15, 0.2) is 12.2 Å². The van der Waals surface area contributed by atoms with Crippen LogP contribution in [0.3, 0.4) is 0 Å². The molecule has 2 atom stereocenters. The molecule has 0 N–H and O–H groups in total. The zero-order chi connectivity index (χ0) is 16.3. The first kappa shape index (κ1) is 20.3. The van der Waals surface area contributed by atoms with Gasteiger partial charge in [0, 0.05) is 5.57 Å². The SMILES string of the molecule is C=C(CC(=O)OC(Cl)CCCC)C(=O)OC(Cl)CCCC. The largest absolute Gasteiger partial charge is 0.446 e. The standard InChI is InChI=1S/C15H24Cl2O4/c1-4-6-8-12(16)20-14(18)10-11(3)15(19)21-13(17)9-7-5-2/h12-13H,3-10H2,1-2H3. The van der Waals surface area contributed by atoms with Crippen molar-refractivity contribution in [3.05, 3.63) is 12.2 Å². The molecule has 21 heavy (non-hydrogen) atoms. The number of halogens is 2. The highest BCUT2D eigenvalue weighted by molar-refractivity contribution is 6.20. The minimum atomic E-state index is -0.699. The number of ether oxygens (including phenoxy) is 2. The summed E-state index contributed by atoms with van der Waals surface area (Å²) in [6.45, 7) is 7.55. The number of hydrogen-bond donors (Lipinski definition) is 0. The maximum absolute atomic E-state index is 11.7. The second kappa shape index (κ2) is 11.9. The summed E-state index contributed by atoms with van der Waals surface area (Å²) >= 11 is 11.7. The van der Waals surface area contributed by atoms with E-state index in [-0.39, 0.29) is 12.0 Å². The monoisotopic (exact) mass is 338 g/mol. The summed E-state index contributed by atoms with van der Waals surface area (Å²) in [6.07, 6.45) is 4.57. The van der Waals surface area contributed by atoms with Crippen LogP contribution < -0.4 is 0 Å². The van der Waals surface area contributed by atoms with Gasteiger partial charge in [-0.3, -0.25) is 4.79 Å². The molecule has 0 aromatic rings. The van der Waals surface area contributed by atoms with Crippen molar-refractivity contribution in [2.24, 2.45) is 0 Å². The molecule has 0 aromatic carbocycles. The maximum Gasteiger partial charge on any atom is 0.335 e. The molecule has 0 spiro atoms. The summed E-state index contributed by atoms with van der Waals surface area (Å²) in [5.41, 5.74) is -1.36. The van der Waals surface area contributed by atoms with E-state index in [1.165, 1.54) is 0 Å². The highest BCUT2D eigenvalue weighted by Gasteiger charge is 2.19. The molecule has 0 aromatic heterocycles. The van der Waals surface area contributed by atoms with Crippen molar-refractivity contribution >= 4 is 35.1 Å². The average molecular weight is 339 g/mol. The molecule has 0 amide bonds. The highest BCUT2D eigenvalue weighted by Crippen LogP contribution is 2.15. The van der Waals surface area contributed by atoms with Gasteiger partial charge in [0.2, 0.25) is 0 Å². The molecular formula is C15H24Cl2O4. The van der Waals surface area contributed by atoms with Gasteiger partial charge in [-0.25, -0.2) is 4.79 Å². The molecule has 0 radical (unpaired) electrons. The molecule has 0 saturated carbocycles. The number of unbranched alkanes of at least 4 members (excludes halogenated alkanes) is 2. The second-order valence-electron chi connectivity index (χ2n) is 4.78. The highest BCUT2D eigenvalue weighted by atomic mass is 35.5. The van der Waals surface area contributed by atoms with Crippen LogP contribution in [0.5, 0.6) is 0 Å². The van der Waals surface area contributed by atoms with E-state index in [0.29, 0.717) is 12.8 Å². The third-order valence-electron chi connectivity index (χ3n) is 2.71. The van der Waals surface area contributed by atoms with Crippen LogP contribution in [-0.2, 0) is 19.1 Å². The van der Waals surface area contributed by atoms with Crippen LogP contribution in [0.25, 0.3) is 0 Å². The van der Waals surface area contributed by atoms with Crippen molar-refractivity contribution in [3.63, 3.8) is 0 Å². The molecule has 0 bridgehead atoms. The molecule has 0 saturated heterocycles. The smallest absolute Gasteiger partial charge is 0.335 e. The van der Waals surface area contributed by atoms with Gasteiger partial charge in [0.25, 0.3) is 0 Å². The van der Waals surface area contributed by atoms with Crippen molar-refractivity contribution < 1.29 is 19.1 Å². The molecule has 0 heterocycles. The van der Waals surface area contributed by atoms with Gasteiger partial charge < -0.3 is 9.47 Å². The van der Waals surface area contributed by atoms with E-state index in [4.69, 9.17) is 32.7 Å². The van der Waals surface area contributed by atoms with Gasteiger partial charge in [-0.2, -0.15) is 0 Å². The number of esters is 2. The Kier molecular flexibility index (Phi) is 11.5. The third kappa shape index (κ3) is 10.6. The fourth-order valence-electron chi connectivity index (χ4n) is 1.48. The van der Waals surface area contributed by atoms with Gasteiger partial charge in [0.15, 0.2) is 11.1 Å². The first-order chi connectivity index (χ1) is 9.90. The quantitative estimate of drug-likeness (QED) is 0.315. The minimum Gasteiger partial charge on any atom is -0.446 e. The van der Waals surface area contributed by atoms with E-state index in [1.54, 1.807) is 0 Å². The second-order valence-corrected chi connectivity index (χ2v) is 5.75. The number of carbonyl (C=O) groups excluding carboxylic acids is 2. The van der Waals surface area contributed by atoms with E-state index in [9.17, 15) is 9.59 Å². The summed E-state index contributed by atoms with van der Waals surface area (Å²) in [7, 11) is 0. The van der Waals surface area contributed by atoms with Gasteiger partial charge >= 0.3 is 11.9 Å². The van der Waals surface area contributed by atoms with Crippen molar-refractivity contribution in [1.29, 1.82) is 0 Å². The fraction of sp³-hybridized carbons (Fsp3) is 0.733. The predicted octanol–water partition coefficient (Wildman–Crippen LogP) is 4.53. The molecule has 6 heteroatoms. The summed E-state index contributed by atoms with van der Waals surface area (Å²) in [5.74, 6) is -1.27. The Hall–Kier alpha value is -0.740. The summed E-state index contributed by atoms with van der Waals surface area (Å²) in [6, 6.07) is 0. The van der Waals surface area contributed by atoms with Gasteiger partial charge in [-0.1, -0.05) is 56.5 Å². The topological polar surface area (TPSA) is 52.6 Å². The first-order valence-electron chi connectivity index (χ1n) is 7.27. The Labute approximate surface area is 136 Å². The summed E-state index contributed by atoms with van der Waals surface area (Å²) < 4.78 is 9.94. The zero-order valence-corrected chi connectivity index (χ0v) is 14.2. The van der Waals surface area contributed by atoms with Crippen LogP contribution in [0.2, 0.25) is 0 Å². The van der Waals surface area contributed by atoms with Crippen LogP contribution >= 0.6 is 23.2 Å². The van der Waals surface area contributed by atoms with E-state index in [2.05, 4.69) is 6.58 Å². The molecule has 2 unspecified atom stereocenters. The van der Waals surface area contributed by atoms with Crippen LogP contribution in [0.4, 0.5) is 0 Å². The molecule has 0 aliphatic carbocycles. The number of rotatable bonds is 11. The Morgan fingerprint density at radius 3 is 1.95 bits per heavy atom. The predicted molar refractivity (Wildman–Crippen MR) is 84.3 cm³/mol. The molecule has 0 fully saturated rings. The Morgan fingerprint density at radius 1 is 1.00 bits per heavy atom. The lowest BCUT2D eigenvalue weighted by atomic mass is 10.2. The zero-order valence-electron chi connectivity index (χ0n) is 12.7. The van der Waals surface area contributed by atoms with Crippen molar-refractivity contribution in [3.8, 4) is 0 Å². The van der Waals surface area contributed by atoms with E-state index >= 15 is 0 Å². The molecule has 122 valence electrons. The molecule has 0 aliphatic heterocycles. The van der Waals surface area contributed by atoms with E-state index in [1.807, 2.05) is 13.8 Å². The minimum absolute atomic E-state index is 0.0153.